The van der Waals surface area contributed by atoms with Crippen molar-refractivity contribution >= 4 is 22.4 Å². The SMILES string of the molecule is Cc1ccc(C(=O)Nc2nc(-c3ccc4c(c3)Cc3ccccc3-4)cs2)cc1. The third kappa shape index (κ3) is 3.02. The summed E-state index contributed by atoms with van der Waals surface area (Å²) in [6.45, 7) is 2.00. The van der Waals surface area contributed by atoms with E-state index >= 15 is 0 Å². The van der Waals surface area contributed by atoms with E-state index in [0.717, 1.165) is 23.2 Å². The number of hydrogen-bond donors (Lipinski definition) is 1. The van der Waals surface area contributed by atoms with Gasteiger partial charge in [0.1, 0.15) is 0 Å². The maximum Gasteiger partial charge on any atom is 0.257 e. The molecule has 5 rings (SSSR count). The van der Waals surface area contributed by atoms with Gasteiger partial charge in [0.05, 0.1) is 5.69 Å². The Labute approximate surface area is 167 Å². The first kappa shape index (κ1) is 16.9. The number of hydrogen-bond acceptors (Lipinski definition) is 3. The summed E-state index contributed by atoms with van der Waals surface area (Å²) < 4.78 is 0. The molecule has 0 spiro atoms. The Bertz CT molecular complexity index is 1190. The summed E-state index contributed by atoms with van der Waals surface area (Å²) in [4.78, 5) is 17.0. The Hall–Kier alpha value is -3.24. The zero-order chi connectivity index (χ0) is 19.1. The van der Waals surface area contributed by atoms with Crippen LogP contribution in [0.25, 0.3) is 22.4 Å². The molecule has 0 atom stereocenters. The maximum absolute atomic E-state index is 12.4. The van der Waals surface area contributed by atoms with Crippen molar-refractivity contribution in [2.24, 2.45) is 0 Å². The first-order valence-electron chi connectivity index (χ1n) is 9.22. The van der Waals surface area contributed by atoms with E-state index < -0.39 is 0 Å². The van der Waals surface area contributed by atoms with Gasteiger partial charge < -0.3 is 0 Å². The zero-order valence-electron chi connectivity index (χ0n) is 15.4. The van der Waals surface area contributed by atoms with Crippen molar-refractivity contribution in [3.8, 4) is 22.4 Å². The molecule has 0 fully saturated rings. The quantitative estimate of drug-likeness (QED) is 0.419. The van der Waals surface area contributed by atoms with Gasteiger partial charge in [0.25, 0.3) is 5.91 Å². The van der Waals surface area contributed by atoms with Crippen LogP contribution < -0.4 is 5.32 Å². The number of nitrogens with one attached hydrogen (secondary N) is 1. The Morgan fingerprint density at radius 3 is 2.61 bits per heavy atom. The average Bonchev–Trinajstić information content (AvgIpc) is 3.32. The van der Waals surface area contributed by atoms with Gasteiger partial charge in [0, 0.05) is 16.5 Å². The zero-order valence-corrected chi connectivity index (χ0v) is 16.2. The van der Waals surface area contributed by atoms with E-state index in [0.29, 0.717) is 10.7 Å². The maximum atomic E-state index is 12.4. The number of aromatic nitrogens is 1. The van der Waals surface area contributed by atoms with Gasteiger partial charge >= 0.3 is 0 Å². The first-order chi connectivity index (χ1) is 13.7. The highest BCUT2D eigenvalue weighted by molar-refractivity contribution is 7.14. The predicted octanol–water partition coefficient (Wildman–Crippen LogP) is 5.94. The summed E-state index contributed by atoms with van der Waals surface area (Å²) in [5, 5.41) is 5.51. The van der Waals surface area contributed by atoms with E-state index in [4.69, 9.17) is 0 Å². The first-order valence-corrected chi connectivity index (χ1v) is 10.1. The van der Waals surface area contributed by atoms with Gasteiger partial charge in [-0.3, -0.25) is 10.1 Å². The minimum absolute atomic E-state index is 0.134. The van der Waals surface area contributed by atoms with Crippen LogP contribution in [0.3, 0.4) is 0 Å². The fraction of sp³-hybridized carbons (Fsp3) is 0.0833. The van der Waals surface area contributed by atoms with Gasteiger partial charge in [-0.2, -0.15) is 0 Å². The molecule has 0 unspecified atom stereocenters. The largest absolute Gasteiger partial charge is 0.298 e. The summed E-state index contributed by atoms with van der Waals surface area (Å²) in [5.41, 5.74) is 9.08. The van der Waals surface area contributed by atoms with Crippen LogP contribution in [0.1, 0.15) is 27.0 Å². The second-order valence-electron chi connectivity index (χ2n) is 7.06. The molecule has 0 aliphatic heterocycles. The lowest BCUT2D eigenvalue weighted by atomic mass is 10.0. The Morgan fingerprint density at radius 2 is 1.75 bits per heavy atom. The third-order valence-corrected chi connectivity index (χ3v) is 5.89. The van der Waals surface area contributed by atoms with Crippen molar-refractivity contribution in [3.05, 3.63) is 94.4 Å². The minimum atomic E-state index is -0.134. The predicted molar refractivity (Wildman–Crippen MR) is 115 cm³/mol. The van der Waals surface area contributed by atoms with Crippen molar-refractivity contribution < 1.29 is 4.79 Å². The van der Waals surface area contributed by atoms with Crippen LogP contribution >= 0.6 is 11.3 Å². The standard InChI is InChI=1S/C24H18N2OS/c1-15-6-8-16(9-7-15)23(27)26-24-25-22(14-28-24)18-10-11-21-19(13-18)12-17-4-2-3-5-20(17)21/h2-11,13-14H,12H2,1H3,(H,25,26,27). The van der Waals surface area contributed by atoms with Gasteiger partial charge in [-0.25, -0.2) is 4.98 Å². The van der Waals surface area contributed by atoms with E-state index in [1.165, 1.54) is 33.6 Å². The smallest absolute Gasteiger partial charge is 0.257 e. The molecule has 4 heteroatoms. The highest BCUT2D eigenvalue weighted by Crippen LogP contribution is 2.38. The topological polar surface area (TPSA) is 42.0 Å². The molecule has 4 aromatic rings. The van der Waals surface area contributed by atoms with Crippen LogP contribution in [0.5, 0.6) is 0 Å². The highest BCUT2D eigenvalue weighted by Gasteiger charge is 2.19. The molecule has 1 aromatic heterocycles. The molecule has 1 aliphatic carbocycles. The van der Waals surface area contributed by atoms with Gasteiger partial charge in [-0.15, -0.1) is 11.3 Å². The Morgan fingerprint density at radius 1 is 0.964 bits per heavy atom. The van der Waals surface area contributed by atoms with Crippen molar-refractivity contribution in [2.75, 3.05) is 5.32 Å². The molecule has 1 aliphatic rings. The van der Waals surface area contributed by atoms with E-state index in [1.807, 2.05) is 36.6 Å². The van der Waals surface area contributed by atoms with Crippen LogP contribution in [0.2, 0.25) is 0 Å². The lowest BCUT2D eigenvalue weighted by Crippen LogP contribution is -2.11. The molecular formula is C24H18N2OS. The molecule has 28 heavy (non-hydrogen) atoms. The number of fused-ring (bicyclic) bond motifs is 3. The highest BCUT2D eigenvalue weighted by atomic mass is 32.1. The number of aryl methyl sites for hydroxylation is 1. The fourth-order valence-electron chi connectivity index (χ4n) is 3.64. The average molecular weight is 382 g/mol. The molecule has 1 heterocycles. The van der Waals surface area contributed by atoms with Crippen molar-refractivity contribution in [1.82, 2.24) is 4.98 Å². The number of carbonyl (C=O) groups excluding carboxylic acids is 1. The van der Waals surface area contributed by atoms with Gasteiger partial charge in [0.2, 0.25) is 0 Å². The van der Waals surface area contributed by atoms with Gasteiger partial charge in [-0.1, -0.05) is 54.1 Å². The summed E-state index contributed by atoms with van der Waals surface area (Å²) >= 11 is 1.45. The van der Waals surface area contributed by atoms with Gasteiger partial charge in [0.15, 0.2) is 5.13 Å². The number of nitrogens with zero attached hydrogens (tertiary/aromatic N) is 1. The number of amides is 1. The second-order valence-corrected chi connectivity index (χ2v) is 7.92. The Kier molecular flexibility index (Phi) is 4.06. The minimum Gasteiger partial charge on any atom is -0.298 e. The van der Waals surface area contributed by atoms with Crippen molar-refractivity contribution in [1.29, 1.82) is 0 Å². The second kappa shape index (κ2) is 6.73. The molecule has 1 N–H and O–H groups in total. The summed E-state index contributed by atoms with van der Waals surface area (Å²) in [6.07, 6.45) is 0.959. The third-order valence-electron chi connectivity index (χ3n) is 5.13. The van der Waals surface area contributed by atoms with E-state index in [-0.39, 0.29) is 5.91 Å². The molecule has 0 saturated heterocycles. The fourth-order valence-corrected chi connectivity index (χ4v) is 4.36. The molecule has 0 bridgehead atoms. The summed E-state index contributed by atoms with van der Waals surface area (Å²) in [6, 6.07) is 22.6. The van der Waals surface area contributed by atoms with E-state index in [2.05, 4.69) is 52.8 Å². The summed E-state index contributed by atoms with van der Waals surface area (Å²) in [5.74, 6) is -0.134. The van der Waals surface area contributed by atoms with Crippen LogP contribution in [0, 0.1) is 6.92 Å². The van der Waals surface area contributed by atoms with E-state index in [9.17, 15) is 4.79 Å². The Balaban J connectivity index is 1.37. The molecule has 0 radical (unpaired) electrons. The molecule has 3 aromatic carbocycles. The molecular weight excluding hydrogens is 364 g/mol. The normalized spacial score (nSPS) is 11.8. The van der Waals surface area contributed by atoms with Crippen LogP contribution in [-0.2, 0) is 6.42 Å². The van der Waals surface area contributed by atoms with Crippen molar-refractivity contribution in [2.45, 2.75) is 13.3 Å². The lowest BCUT2D eigenvalue weighted by molar-refractivity contribution is 0.102. The van der Waals surface area contributed by atoms with Crippen molar-refractivity contribution in [3.63, 3.8) is 0 Å². The summed E-state index contributed by atoms with van der Waals surface area (Å²) in [7, 11) is 0. The number of carbonyl (C=O) groups is 1. The lowest BCUT2D eigenvalue weighted by Gasteiger charge is -2.04. The van der Waals surface area contributed by atoms with Gasteiger partial charge in [-0.05, 0) is 53.8 Å². The van der Waals surface area contributed by atoms with Crippen LogP contribution in [0.4, 0.5) is 5.13 Å². The van der Waals surface area contributed by atoms with E-state index in [1.54, 1.807) is 0 Å². The number of anilines is 1. The number of benzene rings is 3. The molecule has 0 saturated carbocycles. The van der Waals surface area contributed by atoms with Crippen LogP contribution in [-0.4, -0.2) is 10.9 Å². The molecule has 136 valence electrons. The molecule has 1 amide bonds. The van der Waals surface area contributed by atoms with Crippen LogP contribution in [0.15, 0.2) is 72.1 Å². The number of thiazole rings is 1. The monoisotopic (exact) mass is 382 g/mol. The number of rotatable bonds is 3. The molecule has 3 nitrogen and oxygen atoms in total.